The minimum atomic E-state index is -4.86. The largest absolute Gasteiger partial charge is 0.573 e. The molecule has 2 saturated heterocycles. The van der Waals surface area contributed by atoms with Gasteiger partial charge in [-0.05, 0) is 55.7 Å². The Bertz CT molecular complexity index is 1480. The van der Waals surface area contributed by atoms with Crippen molar-refractivity contribution in [3.8, 4) is 5.75 Å². The molecule has 1 spiro atoms. The van der Waals surface area contributed by atoms with Crippen LogP contribution in [0.3, 0.4) is 0 Å². The molecule has 3 aliphatic rings. The lowest BCUT2D eigenvalue weighted by atomic mass is 9.71. The number of aryl methyl sites for hydroxylation is 1. The first-order chi connectivity index (χ1) is 18.5. The molecule has 0 bridgehead atoms. The minimum Gasteiger partial charge on any atom is -0.406 e. The highest BCUT2D eigenvalue weighted by Gasteiger charge is 2.43. The number of aromatic nitrogens is 2. The number of hydrogen-bond donors (Lipinski definition) is 3. The summed E-state index contributed by atoms with van der Waals surface area (Å²) in [6.45, 7) is 1.28. The second-order valence-electron chi connectivity index (χ2n) is 10.8. The molecule has 4 N–H and O–H groups in total. The Morgan fingerprint density at radius 1 is 1.21 bits per heavy atom. The van der Waals surface area contributed by atoms with E-state index in [1.807, 2.05) is 0 Å². The number of anilines is 1. The number of rotatable bonds is 3. The predicted molar refractivity (Wildman–Crippen MR) is 134 cm³/mol. The third kappa shape index (κ3) is 4.65. The number of carbonyl (C=O) groups is 2. The zero-order valence-electron chi connectivity index (χ0n) is 21.0. The maximum atomic E-state index is 15.4. The Balaban J connectivity index is 1.22. The molecule has 0 radical (unpaired) electrons. The number of aromatic amines is 1. The third-order valence-corrected chi connectivity index (χ3v) is 8.34. The number of nitrogen functional groups attached to an aromatic ring is 1. The smallest absolute Gasteiger partial charge is 0.406 e. The number of nitrogens with one attached hydrogen (secondary N) is 2. The van der Waals surface area contributed by atoms with Crippen LogP contribution in [0.5, 0.6) is 5.75 Å². The molecule has 206 valence electrons. The quantitative estimate of drug-likeness (QED) is 0.337. The summed E-state index contributed by atoms with van der Waals surface area (Å²) >= 11 is 0. The van der Waals surface area contributed by atoms with Crippen molar-refractivity contribution < 1.29 is 31.9 Å². The number of alkyl halides is 3. The van der Waals surface area contributed by atoms with Crippen molar-refractivity contribution in [1.82, 2.24) is 20.2 Å². The number of hydrogen-bond acceptors (Lipinski definition) is 5. The van der Waals surface area contributed by atoms with E-state index < -0.39 is 18.0 Å². The van der Waals surface area contributed by atoms with Crippen molar-refractivity contribution >= 4 is 28.5 Å². The number of ether oxygens (including phenoxy) is 1. The number of carbonyl (C=O) groups excluding carboxylic acids is 2. The van der Waals surface area contributed by atoms with E-state index in [9.17, 15) is 22.8 Å². The van der Waals surface area contributed by atoms with Crippen LogP contribution in [-0.2, 0) is 17.6 Å². The molecular formula is C27H27F4N5O3. The number of halogens is 4. The van der Waals surface area contributed by atoms with Gasteiger partial charge in [0.25, 0.3) is 5.91 Å². The topological polar surface area (TPSA) is 113 Å². The maximum Gasteiger partial charge on any atom is 0.573 e. The molecule has 2 amide bonds. The molecule has 1 aliphatic carbocycles. The second kappa shape index (κ2) is 9.13. The van der Waals surface area contributed by atoms with Gasteiger partial charge in [0.2, 0.25) is 5.91 Å². The zero-order chi connectivity index (χ0) is 27.5. The number of pyridine rings is 1. The summed E-state index contributed by atoms with van der Waals surface area (Å²) in [6, 6.07) is 3.26. The molecule has 1 unspecified atom stereocenters. The van der Waals surface area contributed by atoms with E-state index in [4.69, 9.17) is 5.73 Å². The Kier molecular flexibility index (Phi) is 5.96. The maximum absolute atomic E-state index is 15.4. The van der Waals surface area contributed by atoms with Crippen LogP contribution in [0.25, 0.3) is 11.0 Å². The molecule has 1 aromatic carbocycles. The normalized spacial score (nSPS) is 21.8. The number of piperidine rings is 1. The van der Waals surface area contributed by atoms with Crippen molar-refractivity contribution in [2.45, 2.75) is 50.8 Å². The number of likely N-dealkylation sites (tertiary alicyclic amines) is 1. The molecule has 0 saturated carbocycles. The SMILES string of the molecule is Nc1cc(OC(F)(F)F)ccc1C(=O)N1CCC(c2c(F)cnc3[nH]c4c(c23)CC2(CC4)CNC(=O)C2)CC1. The van der Waals surface area contributed by atoms with Gasteiger partial charge in [-0.2, -0.15) is 0 Å². The van der Waals surface area contributed by atoms with Crippen molar-refractivity contribution in [2.75, 3.05) is 25.4 Å². The molecule has 3 aromatic rings. The highest BCUT2D eigenvalue weighted by Crippen LogP contribution is 2.45. The number of nitrogens with two attached hydrogens (primary N) is 1. The Morgan fingerprint density at radius 2 is 1.97 bits per heavy atom. The zero-order valence-corrected chi connectivity index (χ0v) is 21.0. The number of fused-ring (bicyclic) bond motifs is 3. The predicted octanol–water partition coefficient (Wildman–Crippen LogP) is 4.20. The molecule has 2 aliphatic heterocycles. The minimum absolute atomic E-state index is 0.0445. The van der Waals surface area contributed by atoms with E-state index in [0.29, 0.717) is 56.5 Å². The fraction of sp³-hybridized carbons (Fsp3) is 0.444. The van der Waals surface area contributed by atoms with E-state index in [-0.39, 0.29) is 34.3 Å². The first-order valence-corrected chi connectivity index (χ1v) is 12.9. The lowest BCUT2D eigenvalue weighted by Gasteiger charge is -2.34. The fourth-order valence-corrected chi connectivity index (χ4v) is 6.46. The summed E-state index contributed by atoms with van der Waals surface area (Å²) in [5, 5.41) is 3.73. The van der Waals surface area contributed by atoms with Crippen molar-refractivity contribution in [3.63, 3.8) is 0 Å². The summed E-state index contributed by atoms with van der Waals surface area (Å²) in [5.41, 5.74) is 8.98. The number of H-pyrrole nitrogens is 1. The van der Waals surface area contributed by atoms with Crippen LogP contribution in [0.1, 0.15) is 58.8 Å². The monoisotopic (exact) mass is 545 g/mol. The average Bonchev–Trinajstić information content (AvgIpc) is 3.42. The van der Waals surface area contributed by atoms with Gasteiger partial charge in [0.15, 0.2) is 0 Å². The Labute approximate surface area is 220 Å². The van der Waals surface area contributed by atoms with Crippen molar-refractivity contribution in [1.29, 1.82) is 0 Å². The van der Waals surface area contributed by atoms with Gasteiger partial charge in [0, 0.05) is 59.9 Å². The lowest BCUT2D eigenvalue weighted by Crippen LogP contribution is -2.38. The number of nitrogens with zero attached hydrogens (tertiary/aromatic N) is 2. The van der Waals surface area contributed by atoms with Gasteiger partial charge in [0.05, 0.1) is 11.8 Å². The van der Waals surface area contributed by atoms with Crippen LogP contribution < -0.4 is 15.8 Å². The van der Waals surface area contributed by atoms with Gasteiger partial charge < -0.3 is 25.7 Å². The Hall–Kier alpha value is -3.83. The summed E-state index contributed by atoms with van der Waals surface area (Å²) in [4.78, 5) is 34.4. The molecule has 12 heteroatoms. The summed E-state index contributed by atoms with van der Waals surface area (Å²) < 4.78 is 56.8. The van der Waals surface area contributed by atoms with Gasteiger partial charge >= 0.3 is 6.36 Å². The molecule has 6 rings (SSSR count). The molecule has 4 heterocycles. The first-order valence-electron chi connectivity index (χ1n) is 12.9. The van der Waals surface area contributed by atoms with E-state index in [1.165, 1.54) is 12.3 Å². The number of benzene rings is 1. The van der Waals surface area contributed by atoms with Gasteiger partial charge in [-0.25, -0.2) is 9.37 Å². The van der Waals surface area contributed by atoms with Crippen LogP contribution in [0.15, 0.2) is 24.4 Å². The van der Waals surface area contributed by atoms with Crippen LogP contribution in [-0.4, -0.2) is 52.7 Å². The van der Waals surface area contributed by atoms with Crippen LogP contribution in [0, 0.1) is 11.2 Å². The van der Waals surface area contributed by atoms with Gasteiger partial charge in [-0.3, -0.25) is 9.59 Å². The van der Waals surface area contributed by atoms with Gasteiger partial charge in [-0.15, -0.1) is 13.2 Å². The molecule has 2 aromatic heterocycles. The average molecular weight is 546 g/mol. The third-order valence-electron chi connectivity index (χ3n) is 8.34. The highest BCUT2D eigenvalue weighted by atomic mass is 19.4. The van der Waals surface area contributed by atoms with Gasteiger partial charge in [-0.1, -0.05) is 0 Å². The second-order valence-corrected chi connectivity index (χ2v) is 10.8. The van der Waals surface area contributed by atoms with Crippen LogP contribution in [0.2, 0.25) is 0 Å². The molecule has 39 heavy (non-hydrogen) atoms. The van der Waals surface area contributed by atoms with E-state index in [1.54, 1.807) is 4.90 Å². The van der Waals surface area contributed by atoms with Gasteiger partial charge in [0.1, 0.15) is 17.2 Å². The fourth-order valence-electron chi connectivity index (χ4n) is 6.46. The van der Waals surface area contributed by atoms with E-state index >= 15 is 4.39 Å². The molecule has 1 atom stereocenters. The van der Waals surface area contributed by atoms with Crippen molar-refractivity contribution in [2.24, 2.45) is 5.41 Å². The lowest BCUT2D eigenvalue weighted by molar-refractivity contribution is -0.274. The molecule has 8 nitrogen and oxygen atoms in total. The molecular weight excluding hydrogens is 518 g/mol. The molecule has 2 fully saturated rings. The first kappa shape index (κ1) is 25.4. The number of amides is 2. The highest BCUT2D eigenvalue weighted by molar-refractivity contribution is 5.99. The Morgan fingerprint density at radius 3 is 2.64 bits per heavy atom. The van der Waals surface area contributed by atoms with Crippen molar-refractivity contribution in [3.05, 3.63) is 52.6 Å². The van der Waals surface area contributed by atoms with Crippen LogP contribution in [0.4, 0.5) is 23.2 Å². The van der Waals surface area contributed by atoms with E-state index in [0.717, 1.165) is 41.6 Å². The summed E-state index contributed by atoms with van der Waals surface area (Å²) in [5.74, 6) is -1.39. The van der Waals surface area contributed by atoms with Crippen LogP contribution >= 0.6 is 0 Å². The standard InChI is InChI=1S/C27H27F4N5O3/c28-18-12-33-24-23(17-10-26(6-3-20(17)35-24)11-21(37)34-13-26)22(18)14-4-7-36(8-5-14)25(38)16-2-1-15(9-19(16)32)39-27(29,30)31/h1-2,9,12,14H,3-8,10-11,13,32H2,(H,33,35)(H,34,37). The summed E-state index contributed by atoms with van der Waals surface area (Å²) in [6.07, 6.45) is 0.147. The summed E-state index contributed by atoms with van der Waals surface area (Å²) in [7, 11) is 0. The van der Waals surface area contributed by atoms with E-state index in [2.05, 4.69) is 20.0 Å².